The van der Waals surface area contributed by atoms with E-state index in [2.05, 4.69) is 175 Å². The first kappa shape index (κ1) is 31.2. The number of nitrogens with zero attached hydrogens (tertiary/aromatic N) is 2. The first-order chi connectivity index (χ1) is 27.2. The highest BCUT2D eigenvalue weighted by atomic mass is 16.3. The number of hydrogen-bond donors (Lipinski definition) is 1. The van der Waals surface area contributed by atoms with Crippen molar-refractivity contribution in [3.63, 3.8) is 0 Å². The number of amidine groups is 2. The van der Waals surface area contributed by atoms with Crippen molar-refractivity contribution in [2.45, 2.75) is 6.17 Å². The van der Waals surface area contributed by atoms with Gasteiger partial charge in [0.15, 0.2) is 5.84 Å². The second kappa shape index (κ2) is 12.7. The second-order valence-electron chi connectivity index (χ2n) is 14.2. The van der Waals surface area contributed by atoms with Gasteiger partial charge < -0.3 is 9.73 Å². The SMILES string of the molecule is c1ccc(C2=NC(c3ccc4cc(-c5cccc6oc7ccc(-c8ccccc8)cc7c56)ccc4c3)NC(c3cc4ccccc4c4ccccc34)=N2)cc1. The molecule has 1 aliphatic rings. The molecule has 11 rings (SSSR count). The fourth-order valence-electron chi connectivity index (χ4n) is 8.20. The van der Waals surface area contributed by atoms with Crippen molar-refractivity contribution in [2.24, 2.45) is 9.98 Å². The van der Waals surface area contributed by atoms with Crippen LogP contribution in [0.3, 0.4) is 0 Å². The summed E-state index contributed by atoms with van der Waals surface area (Å²) in [5, 5.41) is 13.1. The third-order valence-corrected chi connectivity index (χ3v) is 10.9. The number of furan rings is 1. The predicted octanol–water partition coefficient (Wildman–Crippen LogP) is 12.9. The van der Waals surface area contributed by atoms with Gasteiger partial charge in [0.25, 0.3) is 0 Å². The molecule has 258 valence electrons. The van der Waals surface area contributed by atoms with E-state index in [9.17, 15) is 0 Å². The lowest BCUT2D eigenvalue weighted by molar-refractivity contribution is 0.669. The Morgan fingerprint density at radius 1 is 0.418 bits per heavy atom. The third-order valence-electron chi connectivity index (χ3n) is 10.9. The van der Waals surface area contributed by atoms with Gasteiger partial charge in [-0.3, -0.25) is 0 Å². The molecule has 1 aromatic heterocycles. The zero-order valence-electron chi connectivity index (χ0n) is 29.8. The normalized spacial score (nSPS) is 14.4. The van der Waals surface area contributed by atoms with E-state index in [0.717, 1.165) is 71.8 Å². The Bertz CT molecular complexity index is 3180. The molecule has 0 bridgehead atoms. The number of fused-ring (bicyclic) bond motifs is 7. The lowest BCUT2D eigenvalue weighted by atomic mass is 9.95. The Morgan fingerprint density at radius 2 is 1.13 bits per heavy atom. The fraction of sp³-hybridized carbons (Fsp3) is 0.0196. The van der Waals surface area contributed by atoms with Crippen LogP contribution in [0.5, 0.6) is 0 Å². The van der Waals surface area contributed by atoms with Crippen molar-refractivity contribution in [3.8, 4) is 22.3 Å². The van der Waals surface area contributed by atoms with Crippen molar-refractivity contribution in [2.75, 3.05) is 0 Å². The summed E-state index contributed by atoms with van der Waals surface area (Å²) in [6.45, 7) is 0. The van der Waals surface area contributed by atoms with Crippen LogP contribution in [0.25, 0.3) is 76.5 Å². The Kier molecular flexibility index (Phi) is 7.20. The molecule has 1 unspecified atom stereocenters. The van der Waals surface area contributed by atoms with E-state index >= 15 is 0 Å². The molecule has 0 radical (unpaired) electrons. The predicted molar refractivity (Wildman–Crippen MR) is 229 cm³/mol. The topological polar surface area (TPSA) is 49.9 Å². The average molecular weight is 704 g/mol. The molecule has 0 saturated carbocycles. The van der Waals surface area contributed by atoms with Gasteiger partial charge in [-0.05, 0) is 96.5 Å². The first-order valence-electron chi connectivity index (χ1n) is 18.7. The van der Waals surface area contributed by atoms with Crippen LogP contribution < -0.4 is 5.32 Å². The molecule has 0 fully saturated rings. The Hall–Kier alpha value is -7.30. The molecule has 10 aromatic rings. The Labute approximate surface area is 317 Å². The van der Waals surface area contributed by atoms with Gasteiger partial charge in [-0.15, -0.1) is 0 Å². The summed E-state index contributed by atoms with van der Waals surface area (Å²) < 4.78 is 6.37. The minimum absolute atomic E-state index is 0.332. The Morgan fingerprint density at radius 3 is 1.98 bits per heavy atom. The van der Waals surface area contributed by atoms with Crippen molar-refractivity contribution >= 4 is 65.9 Å². The summed E-state index contributed by atoms with van der Waals surface area (Å²) in [5.74, 6) is 1.52. The highest BCUT2D eigenvalue weighted by Crippen LogP contribution is 2.40. The molecular formula is C51H33N3O. The number of hydrogen-bond acceptors (Lipinski definition) is 4. The molecule has 0 amide bonds. The van der Waals surface area contributed by atoms with Crippen molar-refractivity contribution in [1.82, 2.24) is 5.32 Å². The maximum Gasteiger partial charge on any atom is 0.159 e. The van der Waals surface area contributed by atoms with Gasteiger partial charge in [0.1, 0.15) is 23.2 Å². The number of aliphatic imine (C=N–C) groups is 2. The maximum absolute atomic E-state index is 6.37. The molecule has 1 aliphatic heterocycles. The third kappa shape index (κ3) is 5.38. The van der Waals surface area contributed by atoms with Crippen LogP contribution in [0.15, 0.2) is 202 Å². The smallest absolute Gasteiger partial charge is 0.159 e. The number of benzene rings is 9. The highest BCUT2D eigenvalue weighted by Gasteiger charge is 2.23. The summed E-state index contributed by atoms with van der Waals surface area (Å²) in [7, 11) is 0. The van der Waals surface area contributed by atoms with Gasteiger partial charge >= 0.3 is 0 Å². The molecule has 4 heteroatoms. The summed E-state index contributed by atoms with van der Waals surface area (Å²) >= 11 is 0. The average Bonchev–Trinajstić information content (AvgIpc) is 3.64. The minimum Gasteiger partial charge on any atom is -0.456 e. The largest absolute Gasteiger partial charge is 0.456 e. The monoisotopic (exact) mass is 703 g/mol. The highest BCUT2D eigenvalue weighted by molar-refractivity contribution is 6.22. The molecule has 2 heterocycles. The van der Waals surface area contributed by atoms with Crippen LogP contribution in [-0.4, -0.2) is 11.7 Å². The van der Waals surface area contributed by atoms with E-state index in [1.165, 1.54) is 27.3 Å². The molecule has 0 aliphatic carbocycles. The molecular weight excluding hydrogens is 671 g/mol. The number of nitrogens with one attached hydrogen (secondary N) is 1. The summed E-state index contributed by atoms with van der Waals surface area (Å²) in [4.78, 5) is 10.4. The van der Waals surface area contributed by atoms with Gasteiger partial charge in [-0.25, -0.2) is 9.98 Å². The first-order valence-corrected chi connectivity index (χ1v) is 18.7. The van der Waals surface area contributed by atoms with E-state index in [-0.39, 0.29) is 6.17 Å². The number of rotatable bonds is 5. The van der Waals surface area contributed by atoms with E-state index < -0.39 is 0 Å². The van der Waals surface area contributed by atoms with Gasteiger partial charge in [0.05, 0.1) is 0 Å². The van der Waals surface area contributed by atoms with E-state index in [1.807, 2.05) is 18.2 Å². The minimum atomic E-state index is -0.332. The second-order valence-corrected chi connectivity index (χ2v) is 14.2. The fourth-order valence-corrected chi connectivity index (χ4v) is 8.20. The van der Waals surface area contributed by atoms with Crippen LogP contribution in [0.2, 0.25) is 0 Å². The molecule has 4 nitrogen and oxygen atoms in total. The maximum atomic E-state index is 6.37. The van der Waals surface area contributed by atoms with Crippen LogP contribution in [0.4, 0.5) is 0 Å². The summed E-state index contributed by atoms with van der Waals surface area (Å²) in [5.41, 5.74) is 9.56. The van der Waals surface area contributed by atoms with E-state index in [4.69, 9.17) is 14.4 Å². The molecule has 9 aromatic carbocycles. The van der Waals surface area contributed by atoms with Crippen LogP contribution >= 0.6 is 0 Å². The zero-order valence-corrected chi connectivity index (χ0v) is 29.8. The molecule has 55 heavy (non-hydrogen) atoms. The molecule has 1 N–H and O–H groups in total. The molecule has 1 atom stereocenters. The van der Waals surface area contributed by atoms with E-state index in [1.54, 1.807) is 0 Å². The van der Waals surface area contributed by atoms with Gasteiger partial charge in [0.2, 0.25) is 0 Å². The summed E-state index contributed by atoms with van der Waals surface area (Å²) in [6, 6.07) is 66.4. The van der Waals surface area contributed by atoms with Crippen molar-refractivity contribution in [1.29, 1.82) is 0 Å². The van der Waals surface area contributed by atoms with Crippen LogP contribution in [0.1, 0.15) is 22.9 Å². The van der Waals surface area contributed by atoms with Gasteiger partial charge in [0, 0.05) is 21.9 Å². The van der Waals surface area contributed by atoms with Crippen molar-refractivity contribution < 1.29 is 4.42 Å². The Balaban J connectivity index is 0.999. The summed E-state index contributed by atoms with van der Waals surface area (Å²) in [6.07, 6.45) is -0.332. The van der Waals surface area contributed by atoms with E-state index in [0.29, 0.717) is 5.84 Å². The zero-order chi connectivity index (χ0) is 36.3. The quantitative estimate of drug-likeness (QED) is 0.181. The van der Waals surface area contributed by atoms with Crippen molar-refractivity contribution in [3.05, 3.63) is 205 Å². The lowest BCUT2D eigenvalue weighted by Crippen LogP contribution is -2.33. The molecule has 0 spiro atoms. The van der Waals surface area contributed by atoms with Crippen LogP contribution in [0, 0.1) is 0 Å². The standard InChI is InChI=1S/C51H33N3O/c1-3-12-32(13-4-1)36-26-27-46-45(30-36)48-41(20-11-21-47(48)55-46)38-24-22-35-29-39(25-23-34(35)28-38)50-52-49(33-14-5-2-6-15-33)53-51(54-50)44-31-37-16-7-8-17-40(37)42-18-9-10-19-43(42)44/h1-31,50H,(H,52,53,54). The molecule has 0 saturated heterocycles. The van der Waals surface area contributed by atoms with Gasteiger partial charge in [-0.2, -0.15) is 0 Å². The lowest BCUT2D eigenvalue weighted by Gasteiger charge is -2.25. The van der Waals surface area contributed by atoms with Crippen LogP contribution in [-0.2, 0) is 0 Å². The van der Waals surface area contributed by atoms with Gasteiger partial charge in [-0.1, -0.05) is 152 Å².